The van der Waals surface area contributed by atoms with Crippen molar-refractivity contribution in [3.8, 4) is 0 Å². The Bertz CT molecular complexity index is 812. The van der Waals surface area contributed by atoms with Gasteiger partial charge >= 0.3 is 0 Å². The Morgan fingerprint density at radius 2 is 1.96 bits per heavy atom. The molecule has 1 amide bonds. The Morgan fingerprint density at radius 3 is 2.48 bits per heavy atom. The van der Waals surface area contributed by atoms with Crippen LogP contribution in [0.25, 0.3) is 0 Å². The molecule has 0 unspecified atom stereocenters. The zero-order chi connectivity index (χ0) is 19.4. The molecule has 0 heterocycles. The van der Waals surface area contributed by atoms with Crippen LogP contribution in [0.3, 0.4) is 0 Å². The van der Waals surface area contributed by atoms with Gasteiger partial charge in [-0.05, 0) is 43.7 Å². The van der Waals surface area contributed by atoms with Gasteiger partial charge in [-0.15, -0.1) is 0 Å². The molecule has 5 nitrogen and oxygen atoms in total. The van der Waals surface area contributed by atoms with Crippen molar-refractivity contribution in [3.05, 3.63) is 52.7 Å². The molecule has 0 saturated heterocycles. The number of hydrogen-bond acceptors (Lipinski definition) is 3. The summed E-state index contributed by atoms with van der Waals surface area (Å²) in [5.41, 5.74) is 0.644. The van der Waals surface area contributed by atoms with Gasteiger partial charge in [0.1, 0.15) is 5.82 Å². The number of allylic oxidation sites excluding steroid dienone is 1. The molecule has 25 heavy (non-hydrogen) atoms. The van der Waals surface area contributed by atoms with Gasteiger partial charge in [-0.3, -0.25) is 4.79 Å². The first kappa shape index (κ1) is 20.9. The lowest BCUT2D eigenvalue weighted by molar-refractivity contribution is -0.112. The highest BCUT2D eigenvalue weighted by Crippen LogP contribution is 2.16. The Kier molecular flexibility index (Phi) is 6.55. The normalized spacial score (nSPS) is 12.8. The minimum Gasteiger partial charge on any atom is -0.322 e. The average Bonchev–Trinajstić information content (AvgIpc) is 2.48. The Morgan fingerprint density at radius 1 is 1.36 bits per heavy atom. The van der Waals surface area contributed by atoms with E-state index >= 15 is 0 Å². The summed E-state index contributed by atoms with van der Waals surface area (Å²) in [4.78, 5) is 11.5. The number of rotatable bonds is 7. The van der Waals surface area contributed by atoms with Crippen LogP contribution < -0.4 is 10.0 Å². The van der Waals surface area contributed by atoms with Crippen molar-refractivity contribution in [1.29, 1.82) is 0 Å². The molecule has 9 heteroatoms. The molecule has 0 aliphatic heterocycles. The van der Waals surface area contributed by atoms with Gasteiger partial charge in [0.15, 0.2) is 0 Å². The van der Waals surface area contributed by atoms with Gasteiger partial charge in [0, 0.05) is 18.2 Å². The summed E-state index contributed by atoms with van der Waals surface area (Å²) >= 11 is 0. The van der Waals surface area contributed by atoms with Crippen LogP contribution in [0.5, 0.6) is 0 Å². The lowest BCUT2D eigenvalue weighted by Gasteiger charge is -2.12. The van der Waals surface area contributed by atoms with E-state index in [1.54, 1.807) is 4.72 Å². The highest BCUT2D eigenvalue weighted by atomic mass is 32.2. The number of halogens is 3. The lowest BCUT2D eigenvalue weighted by Crippen LogP contribution is -2.34. The molecule has 0 aliphatic carbocycles. The summed E-state index contributed by atoms with van der Waals surface area (Å²) in [7, 11) is -4.24. The van der Waals surface area contributed by atoms with Crippen molar-refractivity contribution in [2.75, 3.05) is 11.9 Å². The second-order valence-electron chi connectivity index (χ2n) is 5.61. The van der Waals surface area contributed by atoms with E-state index in [9.17, 15) is 26.4 Å². The number of carbonyl (C=O) groups is 1. The van der Waals surface area contributed by atoms with Crippen molar-refractivity contribution < 1.29 is 26.4 Å². The smallest absolute Gasteiger partial charge is 0.258 e. The monoisotopic (exact) mass is 376 g/mol. The first-order chi connectivity index (χ1) is 11.3. The van der Waals surface area contributed by atoms with E-state index in [0.29, 0.717) is 18.2 Å². The molecule has 0 spiro atoms. The maximum Gasteiger partial charge on any atom is 0.258 e. The number of nitrogens with one attached hydrogen (secondary N) is 2. The Balaban J connectivity index is 2.82. The second-order valence-corrected chi connectivity index (χ2v) is 7.43. The maximum absolute atomic E-state index is 13.2. The molecule has 0 fully saturated rings. The van der Waals surface area contributed by atoms with Crippen LogP contribution in [0.1, 0.15) is 19.4 Å². The first-order valence-corrected chi connectivity index (χ1v) is 8.62. The summed E-state index contributed by atoms with van der Waals surface area (Å²) in [6, 6.07) is 3.95. The molecule has 138 valence electrons. The highest BCUT2D eigenvalue weighted by Gasteiger charge is 2.25. The molecule has 0 atom stereocenters. The zero-order valence-electron chi connectivity index (χ0n) is 14.0. The van der Waals surface area contributed by atoms with E-state index in [1.807, 2.05) is 0 Å². The van der Waals surface area contributed by atoms with Crippen LogP contribution in [-0.4, -0.2) is 26.8 Å². The van der Waals surface area contributed by atoms with E-state index < -0.39 is 39.1 Å². The van der Waals surface area contributed by atoms with Crippen LogP contribution in [-0.2, 0) is 14.8 Å². The summed E-state index contributed by atoms with van der Waals surface area (Å²) in [6.07, 6.45) is 0.960. The fourth-order valence-electron chi connectivity index (χ4n) is 1.65. The van der Waals surface area contributed by atoms with Gasteiger partial charge in [-0.2, -0.15) is 0 Å². The molecule has 0 aliphatic rings. The second kappa shape index (κ2) is 7.83. The summed E-state index contributed by atoms with van der Waals surface area (Å²) in [5.74, 6) is -4.28. The van der Waals surface area contributed by atoms with Gasteiger partial charge < -0.3 is 5.32 Å². The predicted molar refractivity (Wildman–Crippen MR) is 90.2 cm³/mol. The zero-order valence-corrected chi connectivity index (χ0v) is 14.8. The van der Waals surface area contributed by atoms with Crippen molar-refractivity contribution >= 4 is 21.6 Å². The third-order valence-electron chi connectivity index (χ3n) is 3.07. The number of anilines is 1. The van der Waals surface area contributed by atoms with E-state index in [2.05, 4.69) is 11.9 Å². The molecular weight excluding hydrogens is 357 g/mol. The number of amides is 1. The van der Waals surface area contributed by atoms with Gasteiger partial charge in [0.25, 0.3) is 11.8 Å². The predicted octanol–water partition coefficient (Wildman–Crippen LogP) is 3.11. The first-order valence-electron chi connectivity index (χ1n) is 7.14. The van der Waals surface area contributed by atoms with Crippen LogP contribution in [0.2, 0.25) is 0 Å². The lowest BCUT2D eigenvalue weighted by atomic mass is 10.2. The fourth-order valence-corrected chi connectivity index (χ4v) is 2.61. The van der Waals surface area contributed by atoms with E-state index in [4.69, 9.17) is 0 Å². The van der Waals surface area contributed by atoms with Crippen LogP contribution in [0, 0.1) is 12.7 Å². The van der Waals surface area contributed by atoms with Gasteiger partial charge in [0.2, 0.25) is 10.0 Å². The van der Waals surface area contributed by atoms with E-state index in [0.717, 1.165) is 6.08 Å². The largest absolute Gasteiger partial charge is 0.322 e. The third kappa shape index (κ3) is 6.71. The molecule has 0 aromatic heterocycles. The molecule has 1 aromatic rings. The van der Waals surface area contributed by atoms with Crippen molar-refractivity contribution in [2.45, 2.75) is 26.7 Å². The number of carbonyl (C=O) groups excluding carboxylic acids is 1. The summed E-state index contributed by atoms with van der Waals surface area (Å²) in [6.45, 7) is 5.63. The van der Waals surface area contributed by atoms with Crippen molar-refractivity contribution in [3.63, 3.8) is 0 Å². The number of sulfonamides is 1. The SMILES string of the molecule is C=C(/C=C(\C)C(=O)Nc1ccc(F)c(C)c1)S(=O)(=O)NCC(C)(F)F. The van der Waals surface area contributed by atoms with Crippen molar-refractivity contribution in [2.24, 2.45) is 0 Å². The quantitative estimate of drug-likeness (QED) is 0.567. The minimum absolute atomic E-state index is 0.0133. The number of hydrogen-bond donors (Lipinski definition) is 2. The average molecular weight is 376 g/mol. The molecule has 1 aromatic carbocycles. The minimum atomic E-state index is -4.24. The van der Waals surface area contributed by atoms with E-state index in [1.165, 1.54) is 32.0 Å². The van der Waals surface area contributed by atoms with Crippen LogP contribution in [0.15, 0.2) is 41.3 Å². The summed E-state index contributed by atoms with van der Waals surface area (Å²) in [5, 5.41) is 2.47. The van der Waals surface area contributed by atoms with E-state index in [-0.39, 0.29) is 5.57 Å². The Hall–Kier alpha value is -2.13. The molecule has 0 bridgehead atoms. The third-order valence-corrected chi connectivity index (χ3v) is 4.40. The summed E-state index contributed by atoms with van der Waals surface area (Å²) < 4.78 is 64.0. The topological polar surface area (TPSA) is 75.3 Å². The highest BCUT2D eigenvalue weighted by molar-refractivity contribution is 7.93. The van der Waals surface area contributed by atoms with Gasteiger partial charge in [0.05, 0.1) is 11.4 Å². The number of alkyl halides is 2. The molecule has 0 saturated carbocycles. The van der Waals surface area contributed by atoms with Crippen molar-refractivity contribution in [1.82, 2.24) is 4.72 Å². The molecule has 1 rings (SSSR count). The standard InChI is InChI=1S/C16H19F3N2O3S/c1-10-8-13(5-6-14(10)17)21-15(22)11(2)7-12(3)25(23,24)20-9-16(4,18)19/h5-8,20H,3,9H2,1-2,4H3,(H,21,22)/b11-7+. The molecule has 0 radical (unpaired) electrons. The van der Waals surface area contributed by atoms with Gasteiger partial charge in [-0.25, -0.2) is 26.3 Å². The fraction of sp³-hybridized carbons (Fsp3) is 0.312. The van der Waals surface area contributed by atoms with Crippen LogP contribution in [0.4, 0.5) is 18.9 Å². The Labute approximate surface area is 144 Å². The maximum atomic E-state index is 13.2. The molecule has 2 N–H and O–H groups in total. The van der Waals surface area contributed by atoms with Crippen LogP contribution >= 0.6 is 0 Å². The molecular formula is C16H19F3N2O3S. The number of benzene rings is 1. The number of aryl methyl sites for hydroxylation is 1. The van der Waals surface area contributed by atoms with Gasteiger partial charge in [-0.1, -0.05) is 6.58 Å².